The minimum Gasteiger partial charge on any atom is -0.508 e. The van der Waals surface area contributed by atoms with Crippen LogP contribution in [0.25, 0.3) is 11.5 Å². The van der Waals surface area contributed by atoms with E-state index in [0.717, 1.165) is 29.8 Å². The van der Waals surface area contributed by atoms with E-state index in [4.69, 9.17) is 4.52 Å². The Balaban J connectivity index is 1.81. The van der Waals surface area contributed by atoms with Crippen molar-refractivity contribution < 1.29 is 9.63 Å². The van der Waals surface area contributed by atoms with Crippen LogP contribution in [0.4, 0.5) is 0 Å². The van der Waals surface area contributed by atoms with Gasteiger partial charge < -0.3 is 9.63 Å². The molecule has 1 aliphatic carbocycles. The van der Waals surface area contributed by atoms with E-state index in [0.29, 0.717) is 17.2 Å². The normalized spacial score (nSPS) is 18.8. The van der Waals surface area contributed by atoms with E-state index in [-0.39, 0.29) is 5.75 Å². The first-order chi connectivity index (χ1) is 9.94. The molecule has 4 nitrogen and oxygen atoms in total. The quantitative estimate of drug-likeness (QED) is 0.887. The monoisotopic (exact) mass is 286 g/mol. The van der Waals surface area contributed by atoms with Gasteiger partial charge in [0.2, 0.25) is 0 Å². The van der Waals surface area contributed by atoms with Crippen LogP contribution in [0.15, 0.2) is 22.7 Å². The van der Waals surface area contributed by atoms with Gasteiger partial charge in [0, 0.05) is 11.5 Å². The zero-order valence-corrected chi connectivity index (χ0v) is 12.9. The fourth-order valence-electron chi connectivity index (χ4n) is 3.06. The van der Waals surface area contributed by atoms with Crippen LogP contribution in [0.5, 0.6) is 5.75 Å². The van der Waals surface area contributed by atoms with Crippen LogP contribution < -0.4 is 0 Å². The largest absolute Gasteiger partial charge is 0.508 e. The van der Waals surface area contributed by atoms with Gasteiger partial charge in [-0.2, -0.15) is 4.98 Å². The molecule has 1 heterocycles. The summed E-state index contributed by atoms with van der Waals surface area (Å²) in [6.45, 7) is 6.58. The number of nitrogens with zero attached hydrogens (tertiary/aromatic N) is 2. The third kappa shape index (κ3) is 2.94. The zero-order valence-electron chi connectivity index (χ0n) is 12.9. The molecule has 0 radical (unpaired) electrons. The van der Waals surface area contributed by atoms with Crippen molar-refractivity contribution >= 4 is 0 Å². The molecule has 2 aromatic rings. The molecule has 1 saturated carbocycles. The van der Waals surface area contributed by atoms with E-state index in [1.165, 1.54) is 12.8 Å². The highest BCUT2D eigenvalue weighted by Crippen LogP contribution is 2.41. The molecule has 0 bridgehead atoms. The molecule has 112 valence electrons. The van der Waals surface area contributed by atoms with Crippen LogP contribution in [0.3, 0.4) is 0 Å². The Hall–Kier alpha value is -1.84. The fourth-order valence-corrected chi connectivity index (χ4v) is 3.06. The van der Waals surface area contributed by atoms with Gasteiger partial charge in [0.25, 0.3) is 5.89 Å². The van der Waals surface area contributed by atoms with Crippen LogP contribution in [0.1, 0.15) is 56.8 Å². The highest BCUT2D eigenvalue weighted by molar-refractivity contribution is 5.59. The van der Waals surface area contributed by atoms with E-state index in [2.05, 4.69) is 24.0 Å². The minimum atomic E-state index is 0.255. The molecule has 0 spiro atoms. The van der Waals surface area contributed by atoms with E-state index in [1.807, 2.05) is 13.0 Å². The summed E-state index contributed by atoms with van der Waals surface area (Å²) in [6, 6.07) is 5.18. The maximum atomic E-state index is 9.48. The number of aromatic hydroxyl groups is 1. The summed E-state index contributed by atoms with van der Waals surface area (Å²) in [5.41, 5.74) is 2.27. The van der Waals surface area contributed by atoms with Crippen molar-refractivity contribution in [2.24, 2.45) is 5.41 Å². The van der Waals surface area contributed by atoms with Gasteiger partial charge in [-0.3, -0.25) is 0 Å². The smallest absolute Gasteiger partial charge is 0.258 e. The average Bonchev–Trinajstić information content (AvgIpc) is 2.88. The van der Waals surface area contributed by atoms with Crippen molar-refractivity contribution in [1.82, 2.24) is 10.1 Å². The molecular weight excluding hydrogens is 264 g/mol. The topological polar surface area (TPSA) is 59.2 Å². The Labute approximate surface area is 125 Å². The Kier molecular flexibility index (Phi) is 3.47. The Morgan fingerprint density at radius 1 is 1.24 bits per heavy atom. The molecule has 1 aliphatic rings. The summed E-state index contributed by atoms with van der Waals surface area (Å²) in [4.78, 5) is 4.58. The molecule has 0 atom stereocenters. The molecule has 4 heteroatoms. The second kappa shape index (κ2) is 5.17. The number of aromatic nitrogens is 2. The van der Waals surface area contributed by atoms with E-state index in [9.17, 15) is 5.11 Å². The number of benzene rings is 1. The maximum absolute atomic E-state index is 9.48. The number of hydrogen-bond donors (Lipinski definition) is 1. The molecule has 1 N–H and O–H groups in total. The van der Waals surface area contributed by atoms with E-state index < -0.39 is 0 Å². The van der Waals surface area contributed by atoms with Gasteiger partial charge in [0.05, 0.1) is 0 Å². The second-order valence-electron chi connectivity index (χ2n) is 6.90. The molecule has 1 aromatic heterocycles. The van der Waals surface area contributed by atoms with Crippen molar-refractivity contribution in [2.75, 3.05) is 0 Å². The Bertz CT molecular complexity index is 636. The lowest BCUT2D eigenvalue weighted by atomic mass is 9.73. The third-order valence-corrected chi connectivity index (χ3v) is 4.59. The fraction of sp³-hybridized carbons (Fsp3) is 0.529. The van der Waals surface area contributed by atoms with Gasteiger partial charge in [0.1, 0.15) is 5.75 Å². The van der Waals surface area contributed by atoms with Crippen LogP contribution in [-0.2, 0) is 0 Å². The first-order valence-electron chi connectivity index (χ1n) is 7.58. The van der Waals surface area contributed by atoms with Crippen LogP contribution in [0.2, 0.25) is 0 Å². The first-order valence-corrected chi connectivity index (χ1v) is 7.58. The number of hydrogen-bond acceptors (Lipinski definition) is 4. The van der Waals surface area contributed by atoms with Gasteiger partial charge >= 0.3 is 0 Å². The van der Waals surface area contributed by atoms with Gasteiger partial charge in [-0.1, -0.05) is 19.0 Å². The predicted octanol–water partition coefficient (Wildman–Crippen LogP) is 4.43. The van der Waals surface area contributed by atoms with Crippen molar-refractivity contribution in [2.45, 2.75) is 52.4 Å². The highest BCUT2D eigenvalue weighted by atomic mass is 16.5. The number of phenols is 1. The van der Waals surface area contributed by atoms with Gasteiger partial charge in [0.15, 0.2) is 5.82 Å². The first kappa shape index (κ1) is 14.1. The van der Waals surface area contributed by atoms with Crippen LogP contribution in [-0.4, -0.2) is 15.2 Å². The number of rotatable bonds is 2. The molecule has 1 fully saturated rings. The number of phenolic OH excluding ortho intramolecular Hbond substituents is 1. The summed E-state index contributed by atoms with van der Waals surface area (Å²) in [7, 11) is 0. The SMILES string of the molecule is Cc1cc(O)ccc1-c1nc(C2CCC(C)(C)CC2)no1. The summed E-state index contributed by atoms with van der Waals surface area (Å²) >= 11 is 0. The van der Waals surface area contributed by atoms with Crippen molar-refractivity contribution in [3.05, 3.63) is 29.6 Å². The molecular formula is C17H22N2O2. The van der Waals surface area contributed by atoms with Crippen molar-refractivity contribution in [3.8, 4) is 17.2 Å². The molecule has 21 heavy (non-hydrogen) atoms. The molecule has 0 aliphatic heterocycles. The van der Waals surface area contributed by atoms with Crippen LogP contribution in [0, 0.1) is 12.3 Å². The second-order valence-corrected chi connectivity index (χ2v) is 6.90. The molecule has 0 saturated heterocycles. The average molecular weight is 286 g/mol. The molecule has 0 amide bonds. The van der Waals surface area contributed by atoms with Crippen molar-refractivity contribution in [3.63, 3.8) is 0 Å². The number of aryl methyl sites for hydroxylation is 1. The lowest BCUT2D eigenvalue weighted by Crippen LogP contribution is -2.20. The van der Waals surface area contributed by atoms with Crippen LogP contribution >= 0.6 is 0 Å². The van der Waals surface area contributed by atoms with E-state index >= 15 is 0 Å². The van der Waals surface area contributed by atoms with Gasteiger partial charge in [-0.25, -0.2) is 0 Å². The summed E-state index contributed by atoms with van der Waals surface area (Å²) in [5, 5.41) is 13.7. The summed E-state index contributed by atoms with van der Waals surface area (Å²) in [6.07, 6.45) is 4.67. The zero-order chi connectivity index (χ0) is 15.0. The molecule has 0 unspecified atom stereocenters. The maximum Gasteiger partial charge on any atom is 0.258 e. The summed E-state index contributed by atoms with van der Waals surface area (Å²) < 4.78 is 5.43. The standard InChI is InChI=1S/C17H22N2O2/c1-11-10-13(20)4-5-14(11)16-18-15(19-21-16)12-6-8-17(2,3)9-7-12/h4-5,10,12,20H,6-9H2,1-3H3. The molecule has 1 aromatic carbocycles. The Morgan fingerprint density at radius 2 is 1.95 bits per heavy atom. The van der Waals surface area contributed by atoms with E-state index in [1.54, 1.807) is 12.1 Å². The highest BCUT2D eigenvalue weighted by Gasteiger charge is 2.30. The van der Waals surface area contributed by atoms with Crippen molar-refractivity contribution in [1.29, 1.82) is 0 Å². The predicted molar refractivity (Wildman–Crippen MR) is 81.1 cm³/mol. The lowest BCUT2D eigenvalue weighted by Gasteiger charge is -2.32. The molecule has 3 rings (SSSR count). The van der Waals surface area contributed by atoms with Gasteiger partial charge in [-0.15, -0.1) is 0 Å². The third-order valence-electron chi connectivity index (χ3n) is 4.59. The minimum absolute atomic E-state index is 0.255. The lowest BCUT2D eigenvalue weighted by molar-refractivity contribution is 0.218. The van der Waals surface area contributed by atoms with Gasteiger partial charge in [-0.05, 0) is 61.8 Å². The summed E-state index contributed by atoms with van der Waals surface area (Å²) in [5.74, 6) is 2.04. The Morgan fingerprint density at radius 3 is 2.62 bits per heavy atom.